The minimum absolute atomic E-state index is 0.0297. The molecule has 8 nitrogen and oxygen atoms in total. The Hall–Kier alpha value is -3.04. The molecule has 0 saturated carbocycles. The summed E-state index contributed by atoms with van der Waals surface area (Å²) in [5, 5.41) is 2.88. The number of nitrogens with zero attached hydrogens (tertiary/aromatic N) is 3. The van der Waals surface area contributed by atoms with E-state index < -0.39 is 5.82 Å². The van der Waals surface area contributed by atoms with Crippen molar-refractivity contribution in [2.24, 2.45) is 0 Å². The number of fused-ring (bicyclic) bond motifs is 5. The average Bonchev–Trinajstić information content (AvgIpc) is 3.18. The minimum atomic E-state index is -0.618. The Morgan fingerprint density at radius 3 is 2.88 bits per heavy atom. The summed E-state index contributed by atoms with van der Waals surface area (Å²) in [4.78, 5) is 28.1. The number of nitrogens with one attached hydrogen (secondary N) is 2. The van der Waals surface area contributed by atoms with Gasteiger partial charge in [0.25, 0.3) is 11.8 Å². The van der Waals surface area contributed by atoms with Crippen molar-refractivity contribution < 1.29 is 18.7 Å². The number of ether oxygens (including phenoxy) is 2. The monoisotopic (exact) mass is 457 g/mol. The molecule has 5 rings (SSSR count). The van der Waals surface area contributed by atoms with Gasteiger partial charge in [-0.1, -0.05) is 6.92 Å². The Morgan fingerprint density at radius 2 is 2.06 bits per heavy atom. The lowest BCUT2D eigenvalue weighted by Gasteiger charge is -2.21. The fraction of sp³-hybridized carbons (Fsp3) is 0.364. The van der Waals surface area contributed by atoms with E-state index in [9.17, 15) is 4.79 Å². The summed E-state index contributed by atoms with van der Waals surface area (Å²) in [6, 6.07) is 0. The standard InChI is InChI=1S/C22H21ClFN5O3/c1-3-31-9-12-8-27-22(23)29-20(12)32-21-16(24)14-11(7-26-21)4-5-13-15-17(28-18(13)14)10(2)6-25-19(15)30/h7-8,10,28H,3-6,9H2,1-2H3,(H,25,30)/t10-/m0/s1. The van der Waals surface area contributed by atoms with Crippen molar-refractivity contribution in [3.05, 3.63) is 51.4 Å². The van der Waals surface area contributed by atoms with Crippen molar-refractivity contribution in [3.63, 3.8) is 0 Å². The van der Waals surface area contributed by atoms with Gasteiger partial charge in [0.1, 0.15) is 0 Å². The van der Waals surface area contributed by atoms with E-state index in [2.05, 4.69) is 25.3 Å². The molecule has 0 aromatic carbocycles. The molecule has 0 fully saturated rings. The van der Waals surface area contributed by atoms with Crippen molar-refractivity contribution >= 4 is 17.5 Å². The fourth-order valence-electron chi connectivity index (χ4n) is 4.25. The number of hydrogen-bond acceptors (Lipinski definition) is 6. The van der Waals surface area contributed by atoms with Crippen LogP contribution in [0.15, 0.2) is 12.4 Å². The van der Waals surface area contributed by atoms with Gasteiger partial charge in [0, 0.05) is 42.7 Å². The van der Waals surface area contributed by atoms with E-state index in [4.69, 9.17) is 21.1 Å². The number of pyridine rings is 1. The molecule has 3 aromatic heterocycles. The highest BCUT2D eigenvalue weighted by Crippen LogP contribution is 2.42. The lowest BCUT2D eigenvalue weighted by atomic mass is 9.87. The number of aromatic nitrogens is 4. The van der Waals surface area contributed by atoms with Gasteiger partial charge >= 0.3 is 0 Å². The Balaban J connectivity index is 1.58. The highest BCUT2D eigenvalue weighted by atomic mass is 35.5. The molecule has 1 amide bonds. The van der Waals surface area contributed by atoms with Crippen LogP contribution in [0.3, 0.4) is 0 Å². The van der Waals surface area contributed by atoms with E-state index in [-0.39, 0.29) is 35.5 Å². The number of H-pyrrole nitrogens is 1. The molecule has 0 radical (unpaired) electrons. The van der Waals surface area contributed by atoms with E-state index in [1.807, 2.05) is 13.8 Å². The molecular weight excluding hydrogens is 437 g/mol. The van der Waals surface area contributed by atoms with Gasteiger partial charge in [-0.3, -0.25) is 4.79 Å². The van der Waals surface area contributed by atoms with Crippen LogP contribution in [0, 0.1) is 5.82 Å². The number of rotatable bonds is 5. The number of aromatic amines is 1. The van der Waals surface area contributed by atoms with Crippen LogP contribution in [-0.2, 0) is 24.2 Å². The zero-order valence-electron chi connectivity index (χ0n) is 17.6. The summed E-state index contributed by atoms with van der Waals surface area (Å²) >= 11 is 5.92. The van der Waals surface area contributed by atoms with E-state index in [1.165, 1.54) is 6.20 Å². The van der Waals surface area contributed by atoms with E-state index in [0.29, 0.717) is 48.4 Å². The van der Waals surface area contributed by atoms with Crippen molar-refractivity contribution in [1.82, 2.24) is 25.3 Å². The van der Waals surface area contributed by atoms with Gasteiger partial charge in [-0.25, -0.2) is 14.4 Å². The van der Waals surface area contributed by atoms with Gasteiger partial charge in [-0.2, -0.15) is 4.98 Å². The molecule has 2 aliphatic rings. The van der Waals surface area contributed by atoms with Crippen LogP contribution in [-0.4, -0.2) is 39.0 Å². The van der Waals surface area contributed by atoms with Crippen LogP contribution >= 0.6 is 11.6 Å². The van der Waals surface area contributed by atoms with Crippen molar-refractivity contribution in [1.29, 1.82) is 0 Å². The molecule has 1 aliphatic heterocycles. The number of hydrogen-bond donors (Lipinski definition) is 2. The maximum atomic E-state index is 15.7. The number of amides is 1. The van der Waals surface area contributed by atoms with Gasteiger partial charge in [0.05, 0.1) is 23.4 Å². The molecule has 0 spiro atoms. The number of halogens is 2. The molecule has 4 heterocycles. The predicted octanol–water partition coefficient (Wildman–Crippen LogP) is 3.93. The third-order valence-corrected chi connectivity index (χ3v) is 6.01. The fourth-order valence-corrected chi connectivity index (χ4v) is 4.37. The third-order valence-electron chi connectivity index (χ3n) is 5.83. The third kappa shape index (κ3) is 3.41. The molecule has 3 aromatic rings. The SMILES string of the molecule is CCOCc1cnc(Cl)nc1Oc1ncc2c(c1F)-c1[nH]c3c(c1CC2)C(=O)NC[C@@H]3C. The second kappa shape index (κ2) is 8.14. The van der Waals surface area contributed by atoms with Gasteiger partial charge < -0.3 is 19.8 Å². The highest BCUT2D eigenvalue weighted by Gasteiger charge is 2.34. The van der Waals surface area contributed by atoms with Crippen LogP contribution in [0.25, 0.3) is 11.3 Å². The van der Waals surface area contributed by atoms with Crippen LogP contribution in [0.4, 0.5) is 4.39 Å². The van der Waals surface area contributed by atoms with Gasteiger partial charge in [-0.15, -0.1) is 0 Å². The van der Waals surface area contributed by atoms with Crippen LogP contribution in [0.2, 0.25) is 5.28 Å². The zero-order valence-corrected chi connectivity index (χ0v) is 18.3. The molecule has 32 heavy (non-hydrogen) atoms. The molecule has 1 aliphatic carbocycles. The van der Waals surface area contributed by atoms with Crippen molar-refractivity contribution in [2.45, 2.75) is 39.2 Å². The Labute approximate surface area is 188 Å². The molecule has 10 heteroatoms. The highest BCUT2D eigenvalue weighted by molar-refractivity contribution is 6.28. The second-order valence-electron chi connectivity index (χ2n) is 7.86. The van der Waals surface area contributed by atoms with Crippen LogP contribution in [0.5, 0.6) is 11.8 Å². The van der Waals surface area contributed by atoms with Crippen molar-refractivity contribution in [3.8, 4) is 23.0 Å². The first-order valence-corrected chi connectivity index (χ1v) is 10.8. The van der Waals surface area contributed by atoms with Gasteiger partial charge in [-0.05, 0) is 42.5 Å². The van der Waals surface area contributed by atoms with E-state index in [0.717, 1.165) is 16.8 Å². The van der Waals surface area contributed by atoms with Gasteiger partial charge in [0.2, 0.25) is 11.2 Å². The number of aryl methyl sites for hydroxylation is 1. The first kappa shape index (κ1) is 20.8. The van der Waals surface area contributed by atoms with Gasteiger partial charge in [0.15, 0.2) is 5.82 Å². The summed E-state index contributed by atoms with van der Waals surface area (Å²) in [6.45, 7) is 5.10. The number of carbonyl (C=O) groups excluding carboxylic acids is 1. The molecule has 0 bridgehead atoms. The summed E-state index contributed by atoms with van der Waals surface area (Å²) in [5.41, 5.74) is 4.56. The maximum absolute atomic E-state index is 15.7. The van der Waals surface area contributed by atoms with Crippen LogP contribution in [0.1, 0.15) is 52.5 Å². The first-order chi connectivity index (χ1) is 15.5. The van der Waals surface area contributed by atoms with Crippen LogP contribution < -0.4 is 10.1 Å². The van der Waals surface area contributed by atoms with E-state index in [1.54, 1.807) is 6.20 Å². The average molecular weight is 458 g/mol. The second-order valence-corrected chi connectivity index (χ2v) is 8.20. The van der Waals surface area contributed by atoms with Crippen molar-refractivity contribution in [2.75, 3.05) is 13.2 Å². The summed E-state index contributed by atoms with van der Waals surface area (Å²) in [6.07, 6.45) is 4.29. The molecule has 0 unspecified atom stereocenters. The Bertz CT molecular complexity index is 1230. The largest absolute Gasteiger partial charge is 0.417 e. The molecule has 1 atom stereocenters. The summed E-state index contributed by atoms with van der Waals surface area (Å²) in [5.74, 6) is -0.774. The minimum Gasteiger partial charge on any atom is -0.417 e. The maximum Gasteiger partial charge on any atom is 0.258 e. The smallest absolute Gasteiger partial charge is 0.258 e. The molecule has 2 N–H and O–H groups in total. The first-order valence-electron chi connectivity index (χ1n) is 10.5. The topological polar surface area (TPSA) is 102 Å². The lowest BCUT2D eigenvalue weighted by molar-refractivity contribution is 0.0940. The summed E-state index contributed by atoms with van der Waals surface area (Å²) in [7, 11) is 0. The molecular formula is C22H21ClFN5O3. The number of carbonyl (C=O) groups is 1. The molecule has 166 valence electrons. The van der Waals surface area contributed by atoms with E-state index >= 15 is 4.39 Å². The Morgan fingerprint density at radius 1 is 1.22 bits per heavy atom. The zero-order chi connectivity index (χ0) is 22.4. The molecule has 0 saturated heterocycles. The lowest BCUT2D eigenvalue weighted by Crippen LogP contribution is -2.34. The quantitative estimate of drug-likeness (QED) is 0.563. The summed E-state index contributed by atoms with van der Waals surface area (Å²) < 4.78 is 26.9. The Kier molecular flexibility index (Phi) is 5.30. The predicted molar refractivity (Wildman–Crippen MR) is 115 cm³/mol. The normalized spacial score (nSPS) is 16.8.